The molecule has 1 aromatic rings. The fourth-order valence-electron chi connectivity index (χ4n) is 2.69. The quantitative estimate of drug-likeness (QED) is 0.836. The molecule has 1 aromatic heterocycles. The van der Waals surface area contributed by atoms with Gasteiger partial charge in [-0.2, -0.15) is 0 Å². The highest BCUT2D eigenvalue weighted by Crippen LogP contribution is 2.48. The molecule has 1 aliphatic rings. The van der Waals surface area contributed by atoms with Crippen molar-refractivity contribution in [2.75, 3.05) is 12.8 Å². The Balaban J connectivity index is 2.31. The van der Waals surface area contributed by atoms with E-state index in [1.807, 2.05) is 0 Å². The first kappa shape index (κ1) is 13.3. The van der Waals surface area contributed by atoms with E-state index < -0.39 is 5.97 Å². The summed E-state index contributed by atoms with van der Waals surface area (Å²) in [5.74, 6) is -0.0411. The lowest BCUT2D eigenvalue weighted by atomic mass is 9.69. The van der Waals surface area contributed by atoms with Crippen molar-refractivity contribution in [2.24, 2.45) is 5.41 Å². The van der Waals surface area contributed by atoms with Crippen molar-refractivity contribution in [2.45, 2.75) is 45.4 Å². The molecule has 0 aromatic carbocycles. The highest BCUT2D eigenvalue weighted by Gasteiger charge is 2.36. The monoisotopic (exact) mass is 268 g/mol. The van der Waals surface area contributed by atoms with Gasteiger partial charge in [0.1, 0.15) is 5.00 Å². The Morgan fingerprint density at radius 3 is 2.83 bits per heavy atom. The third-order valence-electron chi connectivity index (χ3n) is 3.85. The molecular weight excluding hydrogens is 248 g/mol. The minimum Gasteiger partial charge on any atom is -0.464 e. The standard InChI is InChI=1S/C13H20N2O2S/c1-13(2)7-5-4-6-8(13)11-15-9(10(14)18-11)12(16)17-3/h8H,4-7,14H2,1-3H3. The molecule has 1 heterocycles. The SMILES string of the molecule is COC(=O)c1nc(C2CCCCC2(C)C)sc1N. The topological polar surface area (TPSA) is 65.2 Å². The molecule has 0 aliphatic heterocycles. The second kappa shape index (κ2) is 4.88. The maximum atomic E-state index is 11.5. The van der Waals surface area contributed by atoms with Gasteiger partial charge in [0, 0.05) is 5.92 Å². The van der Waals surface area contributed by atoms with Gasteiger partial charge in [-0.3, -0.25) is 0 Å². The molecule has 0 spiro atoms. The third-order valence-corrected chi connectivity index (χ3v) is 4.85. The van der Waals surface area contributed by atoms with Gasteiger partial charge < -0.3 is 10.5 Å². The predicted molar refractivity (Wildman–Crippen MR) is 72.9 cm³/mol. The lowest BCUT2D eigenvalue weighted by Gasteiger charge is -2.37. The third kappa shape index (κ3) is 2.36. The average Bonchev–Trinajstić information content (AvgIpc) is 2.69. The number of carbonyl (C=O) groups excluding carboxylic acids is 1. The summed E-state index contributed by atoms with van der Waals surface area (Å²) in [5, 5.41) is 1.45. The number of hydrogen-bond donors (Lipinski definition) is 1. The highest BCUT2D eigenvalue weighted by molar-refractivity contribution is 7.16. The molecule has 1 saturated carbocycles. The number of nitrogens with zero attached hydrogens (tertiary/aromatic N) is 1. The van der Waals surface area contributed by atoms with E-state index >= 15 is 0 Å². The summed E-state index contributed by atoms with van der Waals surface area (Å²) in [4.78, 5) is 16.0. The Labute approximate surface area is 112 Å². The number of carbonyl (C=O) groups is 1. The minimum atomic E-state index is -0.441. The molecule has 1 fully saturated rings. The van der Waals surface area contributed by atoms with Crippen molar-refractivity contribution in [1.29, 1.82) is 0 Å². The maximum absolute atomic E-state index is 11.5. The normalized spacial score (nSPS) is 22.7. The summed E-state index contributed by atoms with van der Waals surface area (Å²) in [6, 6.07) is 0. The number of methoxy groups -OCH3 is 1. The Kier molecular flexibility index (Phi) is 3.61. The lowest BCUT2D eigenvalue weighted by Crippen LogP contribution is -2.26. The van der Waals surface area contributed by atoms with Crippen molar-refractivity contribution >= 4 is 22.3 Å². The predicted octanol–water partition coefficient (Wildman–Crippen LogP) is 3.20. The van der Waals surface area contributed by atoms with Gasteiger partial charge in [0.15, 0.2) is 5.69 Å². The van der Waals surface area contributed by atoms with Gasteiger partial charge in [0.25, 0.3) is 0 Å². The van der Waals surface area contributed by atoms with Crippen LogP contribution in [0.5, 0.6) is 0 Å². The van der Waals surface area contributed by atoms with Gasteiger partial charge in [-0.05, 0) is 18.3 Å². The number of esters is 1. The van der Waals surface area contributed by atoms with Crippen LogP contribution in [0, 0.1) is 5.41 Å². The van der Waals surface area contributed by atoms with Crippen LogP contribution in [0.3, 0.4) is 0 Å². The first-order valence-electron chi connectivity index (χ1n) is 6.30. The first-order chi connectivity index (χ1) is 8.45. The summed E-state index contributed by atoms with van der Waals surface area (Å²) in [6.07, 6.45) is 4.82. The van der Waals surface area contributed by atoms with E-state index in [1.54, 1.807) is 0 Å². The van der Waals surface area contributed by atoms with E-state index in [-0.39, 0.29) is 11.1 Å². The van der Waals surface area contributed by atoms with Gasteiger partial charge in [-0.25, -0.2) is 9.78 Å². The molecule has 0 amide bonds. The number of aromatic nitrogens is 1. The molecule has 1 aliphatic carbocycles. The highest BCUT2D eigenvalue weighted by atomic mass is 32.1. The van der Waals surface area contributed by atoms with Crippen molar-refractivity contribution in [3.63, 3.8) is 0 Å². The van der Waals surface area contributed by atoms with Gasteiger partial charge in [-0.15, -0.1) is 11.3 Å². The van der Waals surface area contributed by atoms with Crippen molar-refractivity contribution < 1.29 is 9.53 Å². The molecule has 0 saturated heterocycles. The molecule has 2 rings (SSSR count). The molecular formula is C13H20N2O2S. The van der Waals surface area contributed by atoms with Gasteiger partial charge in [0.2, 0.25) is 0 Å². The number of rotatable bonds is 2. The van der Waals surface area contributed by atoms with Crippen molar-refractivity contribution in [3.8, 4) is 0 Å². The zero-order valence-corrected chi connectivity index (χ0v) is 12.0. The number of nitrogen functional groups attached to an aromatic ring is 1. The van der Waals surface area contributed by atoms with E-state index in [0.29, 0.717) is 10.9 Å². The van der Waals surface area contributed by atoms with Crippen LogP contribution in [0.1, 0.15) is 60.9 Å². The molecule has 2 N–H and O–H groups in total. The van der Waals surface area contributed by atoms with E-state index in [2.05, 4.69) is 18.8 Å². The molecule has 1 unspecified atom stereocenters. The zero-order chi connectivity index (χ0) is 13.3. The van der Waals surface area contributed by atoms with Gasteiger partial charge in [-0.1, -0.05) is 26.7 Å². The second-order valence-electron chi connectivity index (χ2n) is 5.54. The summed E-state index contributed by atoms with van der Waals surface area (Å²) >= 11 is 1.43. The number of hydrogen-bond acceptors (Lipinski definition) is 5. The van der Waals surface area contributed by atoms with E-state index in [9.17, 15) is 4.79 Å². The summed E-state index contributed by atoms with van der Waals surface area (Å²) in [7, 11) is 1.35. The van der Waals surface area contributed by atoms with E-state index in [1.165, 1.54) is 37.7 Å². The molecule has 18 heavy (non-hydrogen) atoms. The molecule has 100 valence electrons. The first-order valence-corrected chi connectivity index (χ1v) is 7.12. The van der Waals surface area contributed by atoms with Gasteiger partial charge in [0.05, 0.1) is 12.1 Å². The van der Waals surface area contributed by atoms with Crippen LogP contribution in [0.2, 0.25) is 0 Å². The van der Waals surface area contributed by atoms with Gasteiger partial charge >= 0.3 is 5.97 Å². The van der Waals surface area contributed by atoms with E-state index in [4.69, 9.17) is 10.5 Å². The van der Waals surface area contributed by atoms with Crippen molar-refractivity contribution in [3.05, 3.63) is 10.7 Å². The largest absolute Gasteiger partial charge is 0.464 e. The Morgan fingerprint density at radius 2 is 2.22 bits per heavy atom. The fraction of sp³-hybridized carbons (Fsp3) is 0.692. The number of thiazole rings is 1. The molecule has 5 heteroatoms. The molecule has 1 atom stereocenters. The van der Waals surface area contributed by atoms with Crippen LogP contribution >= 0.6 is 11.3 Å². The average molecular weight is 268 g/mol. The summed E-state index contributed by atoms with van der Waals surface area (Å²) in [5.41, 5.74) is 6.38. The molecule has 4 nitrogen and oxygen atoms in total. The van der Waals surface area contributed by atoms with Crippen molar-refractivity contribution in [1.82, 2.24) is 4.98 Å². The number of ether oxygens (including phenoxy) is 1. The zero-order valence-electron chi connectivity index (χ0n) is 11.2. The van der Waals surface area contributed by atoms with Crippen LogP contribution in [0.15, 0.2) is 0 Å². The van der Waals surface area contributed by atoms with Crippen LogP contribution in [-0.2, 0) is 4.74 Å². The summed E-state index contributed by atoms with van der Waals surface area (Å²) < 4.78 is 4.69. The smallest absolute Gasteiger partial charge is 0.359 e. The Morgan fingerprint density at radius 1 is 1.50 bits per heavy atom. The maximum Gasteiger partial charge on any atom is 0.359 e. The Bertz CT molecular complexity index is 454. The molecule has 0 radical (unpaired) electrons. The van der Waals surface area contributed by atoms with Crippen LogP contribution in [0.25, 0.3) is 0 Å². The van der Waals surface area contributed by atoms with Crippen LogP contribution in [-0.4, -0.2) is 18.1 Å². The van der Waals surface area contributed by atoms with Crippen LogP contribution < -0.4 is 5.73 Å². The minimum absolute atomic E-state index is 0.232. The fourth-order valence-corrected chi connectivity index (χ4v) is 3.86. The number of nitrogens with two attached hydrogens (primary N) is 1. The second-order valence-corrected chi connectivity index (χ2v) is 6.61. The Hall–Kier alpha value is -1.10. The lowest BCUT2D eigenvalue weighted by molar-refractivity contribution is 0.0595. The van der Waals surface area contributed by atoms with Crippen LogP contribution in [0.4, 0.5) is 5.00 Å². The number of anilines is 1. The molecule has 0 bridgehead atoms. The summed E-state index contributed by atoms with van der Waals surface area (Å²) in [6.45, 7) is 4.54. The van der Waals surface area contributed by atoms with E-state index in [0.717, 1.165) is 11.4 Å².